The van der Waals surface area contributed by atoms with Gasteiger partial charge in [0.15, 0.2) is 0 Å². The summed E-state index contributed by atoms with van der Waals surface area (Å²) in [6.45, 7) is 4.40. The second-order valence-corrected chi connectivity index (χ2v) is 6.17. The standard InChI is InChI=1S/C23H23N3/c1-18(19-12-6-4-7-13-19)22(20-14-8-5-9-15-20)23(26(2)3)25-21-16-10-11-17-24-21/h4-17H,1H2,2-3H3,(H,24,25)/b23-22+. The third-order valence-electron chi connectivity index (χ3n) is 4.08. The zero-order chi connectivity index (χ0) is 18.4. The molecular formula is C23H23N3. The summed E-state index contributed by atoms with van der Waals surface area (Å²) < 4.78 is 0. The largest absolute Gasteiger partial charge is 0.364 e. The van der Waals surface area contributed by atoms with E-state index in [4.69, 9.17) is 0 Å². The zero-order valence-electron chi connectivity index (χ0n) is 15.2. The number of hydrogen-bond acceptors (Lipinski definition) is 3. The van der Waals surface area contributed by atoms with Gasteiger partial charge in [-0.2, -0.15) is 0 Å². The molecule has 3 aromatic rings. The predicted octanol–water partition coefficient (Wildman–Crippen LogP) is 5.14. The molecule has 1 N–H and O–H groups in total. The lowest BCUT2D eigenvalue weighted by Crippen LogP contribution is -2.21. The maximum atomic E-state index is 4.41. The highest BCUT2D eigenvalue weighted by molar-refractivity contribution is 6.05. The molecule has 3 heteroatoms. The van der Waals surface area contributed by atoms with Crippen molar-refractivity contribution in [3.63, 3.8) is 0 Å². The number of rotatable bonds is 6. The van der Waals surface area contributed by atoms with Gasteiger partial charge in [-0.15, -0.1) is 0 Å². The molecule has 0 bridgehead atoms. The van der Waals surface area contributed by atoms with E-state index in [9.17, 15) is 0 Å². The van der Waals surface area contributed by atoms with Gasteiger partial charge in [-0.3, -0.25) is 0 Å². The molecule has 1 heterocycles. The van der Waals surface area contributed by atoms with E-state index in [2.05, 4.69) is 46.0 Å². The van der Waals surface area contributed by atoms with Gasteiger partial charge >= 0.3 is 0 Å². The van der Waals surface area contributed by atoms with E-state index in [-0.39, 0.29) is 0 Å². The van der Waals surface area contributed by atoms with E-state index in [1.54, 1.807) is 6.20 Å². The fourth-order valence-electron chi connectivity index (χ4n) is 2.80. The Balaban J connectivity index is 2.16. The first-order valence-electron chi connectivity index (χ1n) is 8.56. The molecule has 3 nitrogen and oxygen atoms in total. The number of nitrogens with zero attached hydrogens (tertiary/aromatic N) is 2. The second kappa shape index (κ2) is 8.17. The molecule has 0 amide bonds. The van der Waals surface area contributed by atoms with E-state index in [1.165, 1.54) is 0 Å². The van der Waals surface area contributed by atoms with Gasteiger partial charge in [0.1, 0.15) is 11.6 Å². The molecule has 1 aromatic heterocycles. The summed E-state index contributed by atoms with van der Waals surface area (Å²) in [6, 6.07) is 26.4. The highest BCUT2D eigenvalue weighted by Crippen LogP contribution is 2.33. The summed E-state index contributed by atoms with van der Waals surface area (Å²) in [5.74, 6) is 1.74. The number of hydrogen-bond donors (Lipinski definition) is 1. The minimum absolute atomic E-state index is 0.797. The maximum Gasteiger partial charge on any atom is 0.131 e. The van der Waals surface area contributed by atoms with Crippen molar-refractivity contribution < 1.29 is 0 Å². The molecule has 0 aliphatic heterocycles. The molecule has 130 valence electrons. The molecule has 0 spiro atoms. The Hall–Kier alpha value is -3.33. The molecule has 0 radical (unpaired) electrons. The van der Waals surface area contributed by atoms with Crippen molar-refractivity contribution in [1.29, 1.82) is 0 Å². The molecule has 0 saturated heterocycles. The highest BCUT2D eigenvalue weighted by atomic mass is 15.2. The Morgan fingerprint density at radius 3 is 1.92 bits per heavy atom. The van der Waals surface area contributed by atoms with Crippen molar-refractivity contribution in [2.24, 2.45) is 0 Å². The van der Waals surface area contributed by atoms with Gasteiger partial charge in [0.05, 0.1) is 0 Å². The van der Waals surface area contributed by atoms with Gasteiger partial charge < -0.3 is 10.2 Å². The maximum absolute atomic E-state index is 4.41. The van der Waals surface area contributed by atoms with E-state index >= 15 is 0 Å². The van der Waals surface area contributed by atoms with Gasteiger partial charge in [-0.1, -0.05) is 73.3 Å². The summed E-state index contributed by atoms with van der Waals surface area (Å²) in [6.07, 6.45) is 1.78. The highest BCUT2D eigenvalue weighted by Gasteiger charge is 2.16. The first kappa shape index (κ1) is 17.5. The lowest BCUT2D eigenvalue weighted by atomic mass is 9.93. The van der Waals surface area contributed by atoms with Crippen LogP contribution in [-0.4, -0.2) is 24.0 Å². The Bertz CT molecular complexity index is 883. The molecule has 0 unspecified atom stereocenters. The molecule has 0 saturated carbocycles. The van der Waals surface area contributed by atoms with Crippen LogP contribution in [-0.2, 0) is 0 Å². The fraction of sp³-hybridized carbons (Fsp3) is 0.0870. The quantitative estimate of drug-likeness (QED) is 0.629. The van der Waals surface area contributed by atoms with Crippen molar-refractivity contribution in [3.05, 3.63) is 109 Å². The van der Waals surface area contributed by atoms with Crippen molar-refractivity contribution in [2.45, 2.75) is 0 Å². The fourth-order valence-corrected chi connectivity index (χ4v) is 2.80. The lowest BCUT2D eigenvalue weighted by Gasteiger charge is -2.25. The first-order chi connectivity index (χ1) is 12.7. The van der Waals surface area contributed by atoms with Gasteiger partial charge in [-0.25, -0.2) is 4.98 Å². The summed E-state index contributed by atoms with van der Waals surface area (Å²) in [5.41, 5.74) is 4.21. The number of pyridine rings is 1. The number of allylic oxidation sites excluding steroid dienone is 2. The van der Waals surface area contributed by atoms with Crippen LogP contribution in [0.25, 0.3) is 11.1 Å². The van der Waals surface area contributed by atoms with Gasteiger partial charge in [0, 0.05) is 25.9 Å². The molecule has 0 aliphatic rings. The minimum Gasteiger partial charge on any atom is -0.364 e. The lowest BCUT2D eigenvalue weighted by molar-refractivity contribution is 0.520. The van der Waals surface area contributed by atoms with Crippen LogP contribution < -0.4 is 5.32 Å². The Morgan fingerprint density at radius 2 is 1.38 bits per heavy atom. The monoisotopic (exact) mass is 341 g/mol. The van der Waals surface area contributed by atoms with Crippen LogP contribution in [0.4, 0.5) is 5.82 Å². The van der Waals surface area contributed by atoms with Crippen molar-refractivity contribution in [1.82, 2.24) is 9.88 Å². The third kappa shape index (κ3) is 4.01. The van der Waals surface area contributed by atoms with Crippen LogP contribution in [0, 0.1) is 0 Å². The SMILES string of the molecule is C=C(/C(=C(/Nc1ccccn1)N(C)C)c1ccccc1)c1ccccc1. The molecular weight excluding hydrogens is 318 g/mol. The van der Waals surface area contributed by atoms with E-state index < -0.39 is 0 Å². The summed E-state index contributed by atoms with van der Waals surface area (Å²) in [5, 5.41) is 3.46. The first-order valence-corrected chi connectivity index (χ1v) is 8.56. The number of nitrogens with one attached hydrogen (secondary N) is 1. The van der Waals surface area contributed by atoms with Crippen molar-refractivity contribution in [3.8, 4) is 0 Å². The normalized spacial score (nSPS) is 11.5. The van der Waals surface area contributed by atoms with Crippen molar-refractivity contribution >= 4 is 17.0 Å². The van der Waals surface area contributed by atoms with Crippen LogP contribution in [0.1, 0.15) is 11.1 Å². The Kier molecular flexibility index (Phi) is 5.49. The zero-order valence-corrected chi connectivity index (χ0v) is 15.2. The van der Waals surface area contributed by atoms with Gasteiger partial charge in [0.25, 0.3) is 0 Å². The number of aromatic nitrogens is 1. The third-order valence-corrected chi connectivity index (χ3v) is 4.08. The van der Waals surface area contributed by atoms with Crippen LogP contribution in [0.5, 0.6) is 0 Å². The number of benzene rings is 2. The molecule has 2 aromatic carbocycles. The van der Waals surface area contributed by atoms with Crippen LogP contribution in [0.15, 0.2) is 97.5 Å². The van der Waals surface area contributed by atoms with Gasteiger partial charge in [0.2, 0.25) is 0 Å². The number of anilines is 1. The summed E-state index contributed by atoms with van der Waals surface area (Å²) >= 11 is 0. The average molecular weight is 341 g/mol. The predicted molar refractivity (Wildman–Crippen MR) is 110 cm³/mol. The molecule has 26 heavy (non-hydrogen) atoms. The minimum atomic E-state index is 0.797. The molecule has 0 aliphatic carbocycles. The summed E-state index contributed by atoms with van der Waals surface area (Å²) in [4.78, 5) is 6.47. The van der Waals surface area contributed by atoms with E-state index in [0.717, 1.165) is 33.9 Å². The summed E-state index contributed by atoms with van der Waals surface area (Å²) in [7, 11) is 4.04. The van der Waals surface area contributed by atoms with Gasteiger partial charge in [-0.05, 0) is 28.8 Å². The van der Waals surface area contributed by atoms with E-state index in [0.29, 0.717) is 0 Å². The molecule has 3 rings (SSSR count). The van der Waals surface area contributed by atoms with Crippen molar-refractivity contribution in [2.75, 3.05) is 19.4 Å². The van der Waals surface area contributed by atoms with E-state index in [1.807, 2.05) is 68.7 Å². The average Bonchev–Trinajstić information content (AvgIpc) is 2.69. The molecule has 0 atom stereocenters. The second-order valence-electron chi connectivity index (χ2n) is 6.17. The Morgan fingerprint density at radius 1 is 0.808 bits per heavy atom. The van der Waals surface area contributed by atoms with Crippen LogP contribution in [0.2, 0.25) is 0 Å². The Labute approximate surface area is 155 Å². The van der Waals surface area contributed by atoms with Crippen LogP contribution >= 0.6 is 0 Å². The molecule has 0 fully saturated rings. The topological polar surface area (TPSA) is 28.2 Å². The smallest absolute Gasteiger partial charge is 0.131 e. The van der Waals surface area contributed by atoms with Crippen LogP contribution in [0.3, 0.4) is 0 Å².